The third-order valence-corrected chi connectivity index (χ3v) is 2.69. The lowest BCUT2D eigenvalue weighted by molar-refractivity contribution is -0.0921. The van der Waals surface area contributed by atoms with E-state index in [1.54, 1.807) is 14.2 Å². The van der Waals surface area contributed by atoms with Crippen LogP contribution in [-0.4, -0.2) is 32.5 Å². The van der Waals surface area contributed by atoms with Crippen molar-refractivity contribution in [3.05, 3.63) is 0 Å². The van der Waals surface area contributed by atoms with Crippen LogP contribution in [0.1, 0.15) is 19.3 Å². The van der Waals surface area contributed by atoms with Gasteiger partial charge in [-0.05, 0) is 19.3 Å². The van der Waals surface area contributed by atoms with Gasteiger partial charge in [-0.15, -0.1) is 0 Å². The fraction of sp³-hybridized carbons (Fsp3) is 1.00. The first-order valence-corrected chi connectivity index (χ1v) is 4.07. The minimum Gasteiger partial charge on any atom is -0.378 e. The molecule has 1 saturated carbocycles. The first-order valence-electron chi connectivity index (χ1n) is 4.07. The predicted octanol–water partition coefficient (Wildman–Crippen LogP) is 0.529. The first-order chi connectivity index (χ1) is 5.29. The lowest BCUT2D eigenvalue weighted by atomic mass is 10.00. The molecule has 0 spiro atoms. The van der Waals surface area contributed by atoms with Gasteiger partial charge in [-0.2, -0.15) is 0 Å². The summed E-state index contributed by atoms with van der Waals surface area (Å²) in [5, 5.41) is 0. The Bertz CT molecular complexity index is 123. The van der Waals surface area contributed by atoms with Crippen LogP contribution in [0.3, 0.4) is 0 Å². The number of methoxy groups -OCH3 is 2. The second-order valence-electron chi connectivity index (χ2n) is 3.09. The van der Waals surface area contributed by atoms with Gasteiger partial charge in [0.1, 0.15) is 5.60 Å². The van der Waals surface area contributed by atoms with Crippen molar-refractivity contribution in [2.45, 2.75) is 31.0 Å². The van der Waals surface area contributed by atoms with Crippen LogP contribution in [0.15, 0.2) is 0 Å². The smallest absolute Gasteiger partial charge is 0.106 e. The summed E-state index contributed by atoms with van der Waals surface area (Å²) in [6, 6.07) is 0. The van der Waals surface area contributed by atoms with E-state index >= 15 is 0 Å². The van der Waals surface area contributed by atoms with Crippen LogP contribution in [0.4, 0.5) is 0 Å². The van der Waals surface area contributed by atoms with Gasteiger partial charge in [0.25, 0.3) is 0 Å². The van der Waals surface area contributed by atoms with Crippen molar-refractivity contribution in [2.75, 3.05) is 20.8 Å². The summed E-state index contributed by atoms with van der Waals surface area (Å²) in [7, 11) is 3.43. The van der Waals surface area contributed by atoms with Gasteiger partial charge < -0.3 is 15.2 Å². The Morgan fingerprint density at radius 3 is 2.64 bits per heavy atom. The van der Waals surface area contributed by atoms with Gasteiger partial charge in [-0.1, -0.05) is 0 Å². The largest absolute Gasteiger partial charge is 0.378 e. The van der Waals surface area contributed by atoms with Crippen LogP contribution in [0, 0.1) is 0 Å². The molecule has 0 amide bonds. The van der Waals surface area contributed by atoms with Gasteiger partial charge in [-0.3, -0.25) is 0 Å². The summed E-state index contributed by atoms with van der Waals surface area (Å²) < 4.78 is 10.7. The Morgan fingerprint density at radius 2 is 2.27 bits per heavy atom. The van der Waals surface area contributed by atoms with Crippen molar-refractivity contribution in [3.8, 4) is 0 Å². The number of hydrogen-bond donors (Lipinski definition) is 1. The Morgan fingerprint density at radius 1 is 1.55 bits per heavy atom. The van der Waals surface area contributed by atoms with Crippen LogP contribution in [0.25, 0.3) is 0 Å². The predicted molar refractivity (Wildman–Crippen MR) is 43.4 cm³/mol. The van der Waals surface area contributed by atoms with Crippen molar-refractivity contribution in [1.29, 1.82) is 0 Å². The van der Waals surface area contributed by atoms with Crippen LogP contribution < -0.4 is 5.73 Å². The molecular weight excluding hydrogens is 142 g/mol. The molecule has 0 heterocycles. The average molecular weight is 159 g/mol. The highest BCUT2D eigenvalue weighted by Crippen LogP contribution is 2.33. The maximum atomic E-state index is 5.64. The number of hydrogen-bond acceptors (Lipinski definition) is 3. The molecule has 2 atom stereocenters. The molecule has 0 bridgehead atoms. The Labute approximate surface area is 67.9 Å². The molecule has 0 aromatic heterocycles. The van der Waals surface area contributed by atoms with Gasteiger partial charge in [0.15, 0.2) is 0 Å². The molecule has 1 aliphatic carbocycles. The van der Waals surface area contributed by atoms with E-state index in [1.165, 1.54) is 0 Å². The fourth-order valence-corrected chi connectivity index (χ4v) is 1.89. The zero-order valence-electron chi connectivity index (χ0n) is 7.30. The molecule has 3 nitrogen and oxygen atoms in total. The lowest BCUT2D eigenvalue weighted by Crippen LogP contribution is -2.47. The second-order valence-corrected chi connectivity index (χ2v) is 3.09. The van der Waals surface area contributed by atoms with E-state index in [9.17, 15) is 0 Å². The second kappa shape index (κ2) is 3.52. The summed E-state index contributed by atoms with van der Waals surface area (Å²) in [5.41, 5.74) is 5.44. The Kier molecular flexibility index (Phi) is 2.87. The van der Waals surface area contributed by atoms with Crippen molar-refractivity contribution in [3.63, 3.8) is 0 Å². The zero-order valence-corrected chi connectivity index (χ0v) is 7.30. The molecule has 1 fully saturated rings. The van der Waals surface area contributed by atoms with Crippen molar-refractivity contribution in [1.82, 2.24) is 0 Å². The summed E-state index contributed by atoms with van der Waals surface area (Å²) in [4.78, 5) is 0. The van der Waals surface area contributed by atoms with Gasteiger partial charge in [-0.25, -0.2) is 0 Å². The molecule has 0 saturated heterocycles. The molecule has 0 aromatic rings. The monoisotopic (exact) mass is 159 g/mol. The van der Waals surface area contributed by atoms with E-state index in [-0.39, 0.29) is 11.7 Å². The minimum absolute atomic E-state index is 0.192. The van der Waals surface area contributed by atoms with Crippen LogP contribution in [0.2, 0.25) is 0 Å². The minimum atomic E-state index is -0.200. The van der Waals surface area contributed by atoms with Crippen molar-refractivity contribution < 1.29 is 9.47 Å². The molecule has 66 valence electrons. The molecule has 2 unspecified atom stereocenters. The molecule has 2 N–H and O–H groups in total. The zero-order chi connectivity index (χ0) is 8.32. The first kappa shape index (κ1) is 8.97. The SMILES string of the molecule is COC1CCCC1(CN)OC. The third kappa shape index (κ3) is 1.41. The molecule has 11 heavy (non-hydrogen) atoms. The van der Waals surface area contributed by atoms with E-state index in [2.05, 4.69) is 0 Å². The average Bonchev–Trinajstić information content (AvgIpc) is 2.47. The van der Waals surface area contributed by atoms with Gasteiger partial charge in [0.05, 0.1) is 6.10 Å². The molecule has 0 aromatic carbocycles. The van der Waals surface area contributed by atoms with E-state index in [0.717, 1.165) is 19.3 Å². The Balaban J connectivity index is 2.63. The van der Waals surface area contributed by atoms with E-state index in [4.69, 9.17) is 15.2 Å². The molecule has 1 rings (SSSR count). The van der Waals surface area contributed by atoms with Crippen molar-refractivity contribution in [2.24, 2.45) is 5.73 Å². The molecule has 0 aliphatic heterocycles. The van der Waals surface area contributed by atoms with Gasteiger partial charge in [0.2, 0.25) is 0 Å². The highest BCUT2D eigenvalue weighted by molar-refractivity contribution is 4.95. The van der Waals surface area contributed by atoms with Crippen LogP contribution in [-0.2, 0) is 9.47 Å². The molecule has 3 heteroatoms. The van der Waals surface area contributed by atoms with E-state index in [0.29, 0.717) is 6.54 Å². The topological polar surface area (TPSA) is 44.5 Å². The summed E-state index contributed by atoms with van der Waals surface area (Å²) in [5.74, 6) is 0. The lowest BCUT2D eigenvalue weighted by Gasteiger charge is -2.31. The summed E-state index contributed by atoms with van der Waals surface area (Å²) >= 11 is 0. The quantitative estimate of drug-likeness (QED) is 0.653. The maximum absolute atomic E-state index is 5.64. The van der Waals surface area contributed by atoms with Gasteiger partial charge >= 0.3 is 0 Å². The normalized spacial score (nSPS) is 37.9. The van der Waals surface area contributed by atoms with E-state index in [1.807, 2.05) is 0 Å². The fourth-order valence-electron chi connectivity index (χ4n) is 1.89. The Hall–Kier alpha value is -0.120. The number of nitrogens with two attached hydrogens (primary N) is 1. The summed E-state index contributed by atoms with van der Waals surface area (Å²) in [6.45, 7) is 0.558. The number of ether oxygens (including phenoxy) is 2. The molecule has 1 aliphatic rings. The highest BCUT2D eigenvalue weighted by Gasteiger charge is 2.42. The standard InChI is InChI=1S/C8H17NO2/c1-10-7-4-3-5-8(7,6-9)11-2/h7H,3-6,9H2,1-2H3. The van der Waals surface area contributed by atoms with Crippen LogP contribution >= 0.6 is 0 Å². The van der Waals surface area contributed by atoms with Gasteiger partial charge in [0, 0.05) is 20.8 Å². The highest BCUT2D eigenvalue weighted by atomic mass is 16.5. The third-order valence-electron chi connectivity index (χ3n) is 2.69. The van der Waals surface area contributed by atoms with Crippen molar-refractivity contribution >= 4 is 0 Å². The number of rotatable bonds is 3. The molecular formula is C8H17NO2. The van der Waals surface area contributed by atoms with E-state index < -0.39 is 0 Å². The molecule has 0 radical (unpaired) electrons. The summed E-state index contributed by atoms with van der Waals surface area (Å²) in [6.07, 6.45) is 3.45. The van der Waals surface area contributed by atoms with Crippen LogP contribution in [0.5, 0.6) is 0 Å². The maximum Gasteiger partial charge on any atom is 0.106 e.